The summed E-state index contributed by atoms with van der Waals surface area (Å²) < 4.78 is 37.5. The summed E-state index contributed by atoms with van der Waals surface area (Å²) in [6.45, 7) is 0.325. The second-order valence-electron chi connectivity index (χ2n) is 4.57. The Kier molecular flexibility index (Phi) is 3.58. The van der Waals surface area contributed by atoms with E-state index < -0.39 is 11.6 Å². The molecule has 3 nitrogen and oxygen atoms in total. The van der Waals surface area contributed by atoms with Crippen LogP contribution in [0.4, 0.5) is 8.78 Å². The average molecular weight is 289 g/mol. The molecule has 3 aromatic rings. The predicted molar refractivity (Wildman–Crippen MR) is 74.8 cm³/mol. The van der Waals surface area contributed by atoms with Crippen LogP contribution in [0, 0.1) is 11.6 Å². The van der Waals surface area contributed by atoms with Crippen molar-refractivity contribution in [2.45, 2.75) is 13.2 Å². The quantitative estimate of drug-likeness (QED) is 0.795. The van der Waals surface area contributed by atoms with Crippen LogP contribution in [0.3, 0.4) is 0 Å². The van der Waals surface area contributed by atoms with Crippen molar-refractivity contribution < 1.29 is 17.9 Å². The van der Waals surface area contributed by atoms with Gasteiger partial charge in [-0.1, -0.05) is 18.2 Å². The third-order valence-corrected chi connectivity index (χ3v) is 3.23. The molecule has 0 radical (unpaired) electrons. The van der Waals surface area contributed by atoms with Gasteiger partial charge in [-0.05, 0) is 18.2 Å². The standard InChI is InChI=1S/C16H13F2NO2/c17-10-5-6-15(13(18)7-10)20-9-12-11-3-1-2-4-14(11)21-16(12)8-19/h1-7H,8-9,19H2. The second-order valence-corrected chi connectivity index (χ2v) is 4.57. The summed E-state index contributed by atoms with van der Waals surface area (Å²) in [5.74, 6) is -0.795. The molecule has 0 atom stereocenters. The van der Waals surface area contributed by atoms with E-state index in [9.17, 15) is 8.78 Å². The van der Waals surface area contributed by atoms with Crippen LogP contribution < -0.4 is 10.5 Å². The van der Waals surface area contributed by atoms with Gasteiger partial charge in [-0.15, -0.1) is 0 Å². The summed E-state index contributed by atoms with van der Waals surface area (Å²) in [6.07, 6.45) is 0. The van der Waals surface area contributed by atoms with Gasteiger partial charge in [0.05, 0.1) is 6.54 Å². The van der Waals surface area contributed by atoms with E-state index in [4.69, 9.17) is 14.9 Å². The van der Waals surface area contributed by atoms with Crippen molar-refractivity contribution in [1.82, 2.24) is 0 Å². The Balaban J connectivity index is 1.91. The third-order valence-electron chi connectivity index (χ3n) is 3.23. The fourth-order valence-corrected chi connectivity index (χ4v) is 2.21. The zero-order valence-corrected chi connectivity index (χ0v) is 11.1. The van der Waals surface area contributed by atoms with E-state index in [-0.39, 0.29) is 18.9 Å². The van der Waals surface area contributed by atoms with E-state index in [0.717, 1.165) is 23.1 Å². The van der Waals surface area contributed by atoms with Crippen molar-refractivity contribution >= 4 is 11.0 Å². The lowest BCUT2D eigenvalue weighted by molar-refractivity contribution is 0.287. The summed E-state index contributed by atoms with van der Waals surface area (Å²) in [5, 5.41) is 0.875. The molecule has 0 saturated heterocycles. The first kappa shape index (κ1) is 13.6. The molecule has 0 amide bonds. The van der Waals surface area contributed by atoms with Gasteiger partial charge in [-0.3, -0.25) is 0 Å². The average Bonchev–Trinajstić information content (AvgIpc) is 2.84. The Morgan fingerprint density at radius 3 is 2.67 bits per heavy atom. The largest absolute Gasteiger partial charge is 0.486 e. The molecule has 3 rings (SSSR count). The van der Waals surface area contributed by atoms with E-state index in [1.54, 1.807) is 0 Å². The molecular formula is C16H13F2NO2. The molecule has 1 heterocycles. The molecule has 0 aliphatic heterocycles. The minimum atomic E-state index is -0.739. The van der Waals surface area contributed by atoms with Crippen molar-refractivity contribution in [3.8, 4) is 5.75 Å². The van der Waals surface area contributed by atoms with E-state index in [2.05, 4.69) is 0 Å². The van der Waals surface area contributed by atoms with Gasteiger partial charge in [-0.25, -0.2) is 8.78 Å². The van der Waals surface area contributed by atoms with Gasteiger partial charge in [0.2, 0.25) is 0 Å². The zero-order chi connectivity index (χ0) is 14.8. The van der Waals surface area contributed by atoms with Crippen molar-refractivity contribution in [1.29, 1.82) is 0 Å². The second kappa shape index (κ2) is 5.54. The van der Waals surface area contributed by atoms with E-state index >= 15 is 0 Å². The number of para-hydroxylation sites is 1. The Morgan fingerprint density at radius 2 is 1.90 bits per heavy atom. The SMILES string of the molecule is NCc1oc2ccccc2c1COc1ccc(F)cc1F. The van der Waals surface area contributed by atoms with E-state index in [0.29, 0.717) is 11.3 Å². The van der Waals surface area contributed by atoms with Crippen LogP contribution in [0.5, 0.6) is 5.75 Å². The minimum Gasteiger partial charge on any atom is -0.486 e. The number of ether oxygens (including phenoxy) is 1. The van der Waals surface area contributed by atoms with Crippen molar-refractivity contribution in [3.63, 3.8) is 0 Å². The molecule has 2 N–H and O–H groups in total. The topological polar surface area (TPSA) is 48.4 Å². The molecule has 108 valence electrons. The lowest BCUT2D eigenvalue weighted by Gasteiger charge is -2.07. The Hall–Kier alpha value is -2.40. The Morgan fingerprint density at radius 1 is 1.10 bits per heavy atom. The highest BCUT2D eigenvalue weighted by molar-refractivity contribution is 5.82. The van der Waals surface area contributed by atoms with Crippen LogP contribution in [0.2, 0.25) is 0 Å². The molecule has 1 aromatic heterocycles. The van der Waals surface area contributed by atoms with Gasteiger partial charge in [0.1, 0.15) is 23.8 Å². The Labute approximate surface area is 119 Å². The lowest BCUT2D eigenvalue weighted by Crippen LogP contribution is -2.03. The van der Waals surface area contributed by atoms with Crippen LogP contribution in [0.25, 0.3) is 11.0 Å². The van der Waals surface area contributed by atoms with Gasteiger partial charge in [0.25, 0.3) is 0 Å². The first-order valence-corrected chi connectivity index (χ1v) is 6.46. The van der Waals surface area contributed by atoms with Crippen LogP contribution in [-0.2, 0) is 13.2 Å². The number of hydrogen-bond acceptors (Lipinski definition) is 3. The van der Waals surface area contributed by atoms with Crippen LogP contribution >= 0.6 is 0 Å². The fourth-order valence-electron chi connectivity index (χ4n) is 2.21. The highest BCUT2D eigenvalue weighted by atomic mass is 19.1. The maximum atomic E-state index is 13.6. The number of nitrogens with two attached hydrogens (primary N) is 1. The molecule has 0 spiro atoms. The molecule has 0 aliphatic rings. The van der Waals surface area contributed by atoms with Crippen molar-refractivity contribution in [3.05, 3.63) is 65.4 Å². The minimum absolute atomic E-state index is 0.00958. The molecule has 21 heavy (non-hydrogen) atoms. The molecule has 0 bridgehead atoms. The number of fused-ring (bicyclic) bond motifs is 1. The highest BCUT2D eigenvalue weighted by Crippen LogP contribution is 2.27. The maximum Gasteiger partial charge on any atom is 0.167 e. The van der Waals surface area contributed by atoms with E-state index in [1.165, 1.54) is 6.07 Å². The first-order chi connectivity index (χ1) is 10.2. The molecule has 0 unspecified atom stereocenters. The van der Waals surface area contributed by atoms with Gasteiger partial charge in [0, 0.05) is 17.0 Å². The zero-order valence-electron chi connectivity index (χ0n) is 11.1. The van der Waals surface area contributed by atoms with Gasteiger partial charge in [0.15, 0.2) is 11.6 Å². The van der Waals surface area contributed by atoms with Crippen LogP contribution in [0.15, 0.2) is 46.9 Å². The third kappa shape index (κ3) is 2.60. The summed E-state index contributed by atoms with van der Waals surface area (Å²) in [6, 6.07) is 10.6. The summed E-state index contributed by atoms with van der Waals surface area (Å²) >= 11 is 0. The molecule has 2 aromatic carbocycles. The summed E-state index contributed by atoms with van der Waals surface area (Å²) in [7, 11) is 0. The summed E-state index contributed by atoms with van der Waals surface area (Å²) in [5.41, 5.74) is 7.14. The van der Waals surface area contributed by atoms with Gasteiger partial charge in [-0.2, -0.15) is 0 Å². The number of halogens is 2. The highest BCUT2D eigenvalue weighted by Gasteiger charge is 2.14. The van der Waals surface area contributed by atoms with Crippen LogP contribution in [-0.4, -0.2) is 0 Å². The Bertz CT molecular complexity index is 783. The number of benzene rings is 2. The number of hydrogen-bond donors (Lipinski definition) is 1. The maximum absolute atomic E-state index is 13.6. The number of furan rings is 1. The van der Waals surface area contributed by atoms with Crippen molar-refractivity contribution in [2.75, 3.05) is 0 Å². The summed E-state index contributed by atoms with van der Waals surface area (Å²) in [4.78, 5) is 0. The molecule has 0 fully saturated rings. The molecule has 0 aliphatic carbocycles. The van der Waals surface area contributed by atoms with Crippen LogP contribution in [0.1, 0.15) is 11.3 Å². The van der Waals surface area contributed by atoms with E-state index in [1.807, 2.05) is 24.3 Å². The molecular weight excluding hydrogens is 276 g/mol. The first-order valence-electron chi connectivity index (χ1n) is 6.46. The predicted octanol–water partition coefficient (Wildman–Crippen LogP) is 3.75. The fraction of sp³-hybridized carbons (Fsp3) is 0.125. The monoisotopic (exact) mass is 289 g/mol. The van der Waals surface area contributed by atoms with Crippen molar-refractivity contribution in [2.24, 2.45) is 5.73 Å². The smallest absolute Gasteiger partial charge is 0.167 e. The normalized spacial score (nSPS) is 11.0. The number of rotatable bonds is 4. The van der Waals surface area contributed by atoms with Gasteiger partial charge >= 0.3 is 0 Å². The lowest BCUT2D eigenvalue weighted by atomic mass is 10.1. The van der Waals surface area contributed by atoms with Gasteiger partial charge < -0.3 is 14.9 Å². The molecule has 5 heteroatoms. The molecule has 0 saturated carbocycles.